The van der Waals surface area contributed by atoms with Crippen molar-refractivity contribution < 1.29 is 4.79 Å². The van der Waals surface area contributed by atoms with Crippen LogP contribution in [0.5, 0.6) is 0 Å². The molecule has 0 radical (unpaired) electrons. The number of nitrogens with one attached hydrogen (secondary N) is 1. The summed E-state index contributed by atoms with van der Waals surface area (Å²) < 4.78 is 0. The second kappa shape index (κ2) is 11.2. The van der Waals surface area contributed by atoms with Gasteiger partial charge in [-0.05, 0) is 62.8 Å². The molecule has 1 heterocycles. The van der Waals surface area contributed by atoms with E-state index < -0.39 is 0 Å². The SMILES string of the molecule is CC(C)(C)CC1CCCC(NC(=O)CC2CCCCN2C2CCCCCCC2)C1. The number of carbonyl (C=O) groups excluding carboxylic acids is 1. The normalized spacial score (nSPS) is 31.1. The second-order valence-corrected chi connectivity index (χ2v) is 11.7. The highest BCUT2D eigenvalue weighted by atomic mass is 16.1. The molecule has 3 fully saturated rings. The standard InChI is InChI=1S/C26H48N2O/c1-26(2,3)20-21-12-11-13-22(18-21)27-25(29)19-24-16-9-10-17-28(24)23-14-7-5-4-6-8-15-23/h21-24H,4-20H2,1-3H3,(H,27,29). The van der Waals surface area contributed by atoms with Crippen LogP contribution in [0.3, 0.4) is 0 Å². The lowest BCUT2D eigenvalue weighted by Gasteiger charge is -2.42. The third-order valence-corrected chi connectivity index (χ3v) is 7.69. The molecule has 0 bridgehead atoms. The van der Waals surface area contributed by atoms with Gasteiger partial charge in [-0.25, -0.2) is 0 Å². The molecule has 29 heavy (non-hydrogen) atoms. The molecule has 0 aromatic carbocycles. The molecule has 3 aliphatic rings. The van der Waals surface area contributed by atoms with Crippen molar-refractivity contribution in [2.75, 3.05) is 6.54 Å². The molecule has 1 N–H and O–H groups in total. The van der Waals surface area contributed by atoms with Crippen molar-refractivity contribution in [3.8, 4) is 0 Å². The summed E-state index contributed by atoms with van der Waals surface area (Å²) >= 11 is 0. The highest BCUT2D eigenvalue weighted by molar-refractivity contribution is 5.76. The van der Waals surface area contributed by atoms with Crippen molar-refractivity contribution in [2.24, 2.45) is 11.3 Å². The quantitative estimate of drug-likeness (QED) is 0.570. The molecule has 3 rings (SSSR count). The van der Waals surface area contributed by atoms with Crippen LogP contribution < -0.4 is 5.32 Å². The van der Waals surface area contributed by atoms with Crippen LogP contribution in [-0.2, 0) is 4.79 Å². The number of carbonyl (C=O) groups is 1. The van der Waals surface area contributed by atoms with Gasteiger partial charge in [-0.3, -0.25) is 9.69 Å². The van der Waals surface area contributed by atoms with Gasteiger partial charge in [0.2, 0.25) is 5.91 Å². The van der Waals surface area contributed by atoms with Crippen LogP contribution in [0.2, 0.25) is 0 Å². The van der Waals surface area contributed by atoms with E-state index in [1.54, 1.807) is 0 Å². The lowest BCUT2D eigenvalue weighted by atomic mass is 9.76. The number of nitrogens with zero attached hydrogens (tertiary/aromatic N) is 1. The predicted molar refractivity (Wildman–Crippen MR) is 123 cm³/mol. The van der Waals surface area contributed by atoms with Crippen molar-refractivity contribution in [3.05, 3.63) is 0 Å². The molecular formula is C26H48N2O. The maximum atomic E-state index is 13.0. The molecule has 3 nitrogen and oxygen atoms in total. The first-order valence-electron chi connectivity index (χ1n) is 13.0. The van der Waals surface area contributed by atoms with Crippen LogP contribution in [0.4, 0.5) is 0 Å². The van der Waals surface area contributed by atoms with Gasteiger partial charge in [0, 0.05) is 24.5 Å². The number of piperidine rings is 1. The summed E-state index contributed by atoms with van der Waals surface area (Å²) in [5, 5.41) is 3.46. The number of hydrogen-bond donors (Lipinski definition) is 1. The van der Waals surface area contributed by atoms with Gasteiger partial charge in [0.15, 0.2) is 0 Å². The first-order valence-corrected chi connectivity index (χ1v) is 13.0. The van der Waals surface area contributed by atoms with E-state index in [0.29, 0.717) is 23.4 Å². The largest absolute Gasteiger partial charge is 0.353 e. The van der Waals surface area contributed by atoms with E-state index in [1.807, 2.05) is 0 Å². The van der Waals surface area contributed by atoms with Gasteiger partial charge in [0.1, 0.15) is 0 Å². The zero-order chi connectivity index (χ0) is 20.7. The third kappa shape index (κ3) is 7.89. The molecule has 3 heteroatoms. The van der Waals surface area contributed by atoms with Crippen LogP contribution in [0, 0.1) is 11.3 Å². The van der Waals surface area contributed by atoms with Crippen molar-refractivity contribution in [2.45, 2.75) is 142 Å². The average molecular weight is 405 g/mol. The second-order valence-electron chi connectivity index (χ2n) is 11.7. The monoisotopic (exact) mass is 404 g/mol. The van der Waals surface area contributed by atoms with E-state index >= 15 is 0 Å². The van der Waals surface area contributed by atoms with Crippen molar-refractivity contribution >= 4 is 5.91 Å². The first kappa shape index (κ1) is 23.1. The van der Waals surface area contributed by atoms with E-state index in [0.717, 1.165) is 18.4 Å². The summed E-state index contributed by atoms with van der Waals surface area (Å²) in [4.78, 5) is 15.7. The van der Waals surface area contributed by atoms with E-state index in [1.165, 1.54) is 103 Å². The Morgan fingerprint density at radius 1 is 0.862 bits per heavy atom. The van der Waals surface area contributed by atoms with Crippen LogP contribution in [0.1, 0.15) is 124 Å². The molecule has 168 valence electrons. The minimum atomic E-state index is 0.328. The highest BCUT2D eigenvalue weighted by Gasteiger charge is 2.32. The number of amides is 1. The fraction of sp³-hybridized carbons (Fsp3) is 0.962. The zero-order valence-electron chi connectivity index (χ0n) is 19.7. The molecule has 3 unspecified atom stereocenters. The van der Waals surface area contributed by atoms with Gasteiger partial charge in [-0.1, -0.05) is 72.1 Å². The Hall–Kier alpha value is -0.570. The maximum Gasteiger partial charge on any atom is 0.221 e. The van der Waals surface area contributed by atoms with Crippen molar-refractivity contribution in [1.29, 1.82) is 0 Å². The molecule has 2 saturated carbocycles. The Morgan fingerprint density at radius 3 is 2.28 bits per heavy atom. The maximum absolute atomic E-state index is 13.0. The summed E-state index contributed by atoms with van der Waals surface area (Å²) in [6, 6.07) is 1.64. The van der Waals surface area contributed by atoms with Crippen molar-refractivity contribution in [3.63, 3.8) is 0 Å². The minimum absolute atomic E-state index is 0.328. The van der Waals surface area contributed by atoms with Gasteiger partial charge < -0.3 is 5.32 Å². The number of likely N-dealkylation sites (tertiary alicyclic amines) is 1. The van der Waals surface area contributed by atoms with Crippen LogP contribution in [0.25, 0.3) is 0 Å². The van der Waals surface area contributed by atoms with E-state index in [2.05, 4.69) is 31.0 Å². The molecule has 1 saturated heterocycles. The fourth-order valence-electron chi connectivity index (χ4n) is 6.46. The summed E-state index contributed by atoms with van der Waals surface area (Å²) in [5.74, 6) is 1.12. The first-order chi connectivity index (χ1) is 13.9. The average Bonchev–Trinajstić information content (AvgIpc) is 2.61. The molecular weight excluding hydrogens is 356 g/mol. The van der Waals surface area contributed by atoms with Gasteiger partial charge in [-0.15, -0.1) is 0 Å². The summed E-state index contributed by atoms with van der Waals surface area (Å²) in [5.41, 5.74) is 0.400. The highest BCUT2D eigenvalue weighted by Crippen LogP contribution is 2.34. The van der Waals surface area contributed by atoms with E-state index in [4.69, 9.17) is 0 Å². The molecule has 1 amide bonds. The molecule has 1 aliphatic heterocycles. The summed E-state index contributed by atoms with van der Waals surface area (Å²) in [6.45, 7) is 8.27. The predicted octanol–water partition coefficient (Wildman–Crippen LogP) is 6.46. The Bertz CT molecular complexity index is 489. The zero-order valence-corrected chi connectivity index (χ0v) is 19.7. The molecule has 3 atom stereocenters. The van der Waals surface area contributed by atoms with Gasteiger partial charge >= 0.3 is 0 Å². The Morgan fingerprint density at radius 2 is 1.55 bits per heavy atom. The third-order valence-electron chi connectivity index (χ3n) is 7.69. The van der Waals surface area contributed by atoms with Crippen molar-refractivity contribution in [1.82, 2.24) is 10.2 Å². The fourth-order valence-corrected chi connectivity index (χ4v) is 6.46. The van der Waals surface area contributed by atoms with E-state index in [9.17, 15) is 4.79 Å². The smallest absolute Gasteiger partial charge is 0.221 e. The van der Waals surface area contributed by atoms with Crippen LogP contribution in [-0.4, -0.2) is 35.5 Å². The summed E-state index contributed by atoms with van der Waals surface area (Å²) in [6.07, 6.45) is 20.6. The van der Waals surface area contributed by atoms with Gasteiger partial charge in [0.05, 0.1) is 0 Å². The van der Waals surface area contributed by atoms with Gasteiger partial charge in [0.25, 0.3) is 0 Å². The number of rotatable bonds is 5. The Balaban J connectivity index is 1.50. The van der Waals surface area contributed by atoms with Crippen LogP contribution >= 0.6 is 0 Å². The van der Waals surface area contributed by atoms with E-state index in [-0.39, 0.29) is 0 Å². The Kier molecular flexibility index (Phi) is 8.89. The minimum Gasteiger partial charge on any atom is -0.353 e. The molecule has 0 aromatic heterocycles. The van der Waals surface area contributed by atoms with Gasteiger partial charge in [-0.2, -0.15) is 0 Å². The number of hydrogen-bond acceptors (Lipinski definition) is 2. The molecule has 0 spiro atoms. The lowest BCUT2D eigenvalue weighted by Crippen LogP contribution is -2.49. The lowest BCUT2D eigenvalue weighted by molar-refractivity contribution is -0.124. The Labute approximate surface area is 180 Å². The molecule has 0 aromatic rings. The topological polar surface area (TPSA) is 32.3 Å². The molecule has 2 aliphatic carbocycles. The van der Waals surface area contributed by atoms with Crippen LogP contribution in [0.15, 0.2) is 0 Å². The summed E-state index contributed by atoms with van der Waals surface area (Å²) in [7, 11) is 0.